The number of hydrogen-bond donors (Lipinski definition) is 2. The van der Waals surface area contributed by atoms with Gasteiger partial charge in [0.05, 0.1) is 12.6 Å². The molecule has 3 rings (SSSR count). The van der Waals surface area contributed by atoms with Crippen molar-refractivity contribution in [2.24, 2.45) is 0 Å². The lowest BCUT2D eigenvalue weighted by Gasteiger charge is -2.14. The van der Waals surface area contributed by atoms with Crippen LogP contribution in [0.5, 0.6) is 17.2 Å². The van der Waals surface area contributed by atoms with Gasteiger partial charge in [0.1, 0.15) is 12.4 Å². The van der Waals surface area contributed by atoms with Crippen molar-refractivity contribution in [3.05, 3.63) is 48.3 Å². The highest BCUT2D eigenvalue weighted by molar-refractivity contribution is 5.74. The molecule has 0 saturated carbocycles. The van der Waals surface area contributed by atoms with Crippen LogP contribution in [0, 0.1) is 0 Å². The number of carbonyl (C=O) groups is 1. The maximum absolute atomic E-state index is 11.9. The minimum Gasteiger partial charge on any atom is -0.492 e. The lowest BCUT2D eigenvalue weighted by molar-refractivity contribution is 0.173. The van der Waals surface area contributed by atoms with Gasteiger partial charge in [-0.15, -0.1) is 0 Å². The van der Waals surface area contributed by atoms with E-state index in [0.29, 0.717) is 30.4 Å². The molecule has 2 N–H and O–H groups in total. The third-order valence-corrected chi connectivity index (χ3v) is 3.53. The van der Waals surface area contributed by atoms with Gasteiger partial charge in [0.25, 0.3) is 0 Å². The largest absolute Gasteiger partial charge is 0.492 e. The maximum atomic E-state index is 11.9. The van der Waals surface area contributed by atoms with E-state index in [4.69, 9.17) is 14.2 Å². The Morgan fingerprint density at radius 1 is 1.33 bits per heavy atom. The van der Waals surface area contributed by atoms with E-state index in [-0.39, 0.29) is 18.9 Å². The minimum absolute atomic E-state index is 0.117. The fourth-order valence-corrected chi connectivity index (χ4v) is 2.26. The zero-order valence-corrected chi connectivity index (χ0v) is 13.3. The van der Waals surface area contributed by atoms with Gasteiger partial charge in [-0.2, -0.15) is 0 Å². The normalized spacial score (nSPS) is 13.2. The average molecular weight is 329 g/mol. The van der Waals surface area contributed by atoms with Crippen molar-refractivity contribution < 1.29 is 19.0 Å². The van der Waals surface area contributed by atoms with Gasteiger partial charge in [-0.3, -0.25) is 4.98 Å². The molecule has 1 aromatic carbocycles. The number of ether oxygens (including phenoxy) is 3. The first-order chi connectivity index (χ1) is 11.7. The lowest BCUT2D eigenvalue weighted by Crippen LogP contribution is -2.39. The first kappa shape index (κ1) is 15.9. The molecule has 2 amide bonds. The number of pyridine rings is 1. The molecule has 0 radical (unpaired) electrons. The highest BCUT2D eigenvalue weighted by atomic mass is 16.7. The number of carbonyl (C=O) groups excluding carboxylic acids is 1. The first-order valence-electron chi connectivity index (χ1n) is 7.69. The molecule has 24 heavy (non-hydrogen) atoms. The van der Waals surface area contributed by atoms with E-state index in [9.17, 15) is 4.79 Å². The van der Waals surface area contributed by atoms with Crippen molar-refractivity contribution in [2.45, 2.75) is 13.0 Å². The van der Waals surface area contributed by atoms with Crippen LogP contribution in [0.2, 0.25) is 0 Å². The van der Waals surface area contributed by atoms with Gasteiger partial charge >= 0.3 is 6.03 Å². The molecule has 0 saturated heterocycles. The molecule has 1 aromatic heterocycles. The second kappa shape index (κ2) is 7.54. The summed E-state index contributed by atoms with van der Waals surface area (Å²) in [7, 11) is 0. The number of fused-ring (bicyclic) bond motifs is 1. The SMILES string of the molecule is C[C@H](NC(=O)NCCOc1ccc2c(c1)OCO2)c1cccnc1. The molecule has 1 aliphatic heterocycles. The lowest BCUT2D eigenvalue weighted by atomic mass is 10.1. The number of rotatable bonds is 6. The van der Waals surface area contributed by atoms with E-state index in [1.165, 1.54) is 0 Å². The number of nitrogens with one attached hydrogen (secondary N) is 2. The number of aromatic nitrogens is 1. The van der Waals surface area contributed by atoms with Gasteiger partial charge in [-0.25, -0.2) is 4.79 Å². The van der Waals surface area contributed by atoms with Crippen LogP contribution in [-0.4, -0.2) is 31.0 Å². The summed E-state index contributed by atoms with van der Waals surface area (Å²) in [5.74, 6) is 2.05. The number of benzene rings is 1. The summed E-state index contributed by atoms with van der Waals surface area (Å²) >= 11 is 0. The van der Waals surface area contributed by atoms with Crippen LogP contribution in [0.1, 0.15) is 18.5 Å². The number of hydrogen-bond acceptors (Lipinski definition) is 5. The van der Waals surface area contributed by atoms with Gasteiger partial charge in [0.2, 0.25) is 6.79 Å². The summed E-state index contributed by atoms with van der Waals surface area (Å²) in [5.41, 5.74) is 0.948. The van der Waals surface area contributed by atoms with Gasteiger partial charge in [0, 0.05) is 18.5 Å². The zero-order chi connectivity index (χ0) is 16.8. The average Bonchev–Trinajstić information content (AvgIpc) is 3.07. The quantitative estimate of drug-likeness (QED) is 0.795. The van der Waals surface area contributed by atoms with E-state index in [2.05, 4.69) is 15.6 Å². The predicted octanol–water partition coefficient (Wildman–Crippen LogP) is 2.25. The second-order valence-electron chi connectivity index (χ2n) is 5.27. The molecule has 0 aliphatic carbocycles. The van der Waals surface area contributed by atoms with Crippen LogP contribution in [0.3, 0.4) is 0 Å². The molecule has 2 aromatic rings. The molecule has 0 bridgehead atoms. The summed E-state index contributed by atoms with van der Waals surface area (Å²) in [6.07, 6.45) is 3.43. The van der Waals surface area contributed by atoms with Crippen LogP contribution in [0.15, 0.2) is 42.7 Å². The summed E-state index contributed by atoms with van der Waals surface area (Å²) in [6.45, 7) is 2.88. The third kappa shape index (κ3) is 4.07. The van der Waals surface area contributed by atoms with Crippen molar-refractivity contribution in [1.29, 1.82) is 0 Å². The molecule has 0 spiro atoms. The second-order valence-corrected chi connectivity index (χ2v) is 5.27. The van der Waals surface area contributed by atoms with E-state index >= 15 is 0 Å². The first-order valence-corrected chi connectivity index (χ1v) is 7.69. The van der Waals surface area contributed by atoms with Crippen LogP contribution in [-0.2, 0) is 0 Å². The van der Waals surface area contributed by atoms with Crippen LogP contribution in [0.4, 0.5) is 4.79 Å². The number of amides is 2. The smallest absolute Gasteiger partial charge is 0.315 e. The molecular formula is C17H19N3O4. The molecule has 1 aliphatic rings. The van der Waals surface area contributed by atoms with Crippen LogP contribution in [0.25, 0.3) is 0 Å². The fourth-order valence-electron chi connectivity index (χ4n) is 2.26. The molecule has 126 valence electrons. The standard InChI is InChI=1S/C17H19N3O4/c1-12(13-3-2-6-18-10-13)20-17(21)19-7-8-22-14-4-5-15-16(9-14)24-11-23-15/h2-6,9-10,12H,7-8,11H2,1H3,(H2,19,20,21)/t12-/m0/s1. The summed E-state index contributed by atoms with van der Waals surface area (Å²) in [5, 5.41) is 5.60. The molecule has 7 heteroatoms. The number of urea groups is 1. The Labute approximate surface area is 139 Å². The van der Waals surface area contributed by atoms with Gasteiger partial charge in [-0.05, 0) is 30.7 Å². The third-order valence-electron chi connectivity index (χ3n) is 3.53. The summed E-state index contributed by atoms with van der Waals surface area (Å²) in [4.78, 5) is 15.9. The Hall–Kier alpha value is -2.96. The Morgan fingerprint density at radius 2 is 2.21 bits per heavy atom. The van der Waals surface area contributed by atoms with Crippen LogP contribution >= 0.6 is 0 Å². The van der Waals surface area contributed by atoms with Crippen molar-refractivity contribution in [2.75, 3.05) is 19.9 Å². The molecular weight excluding hydrogens is 310 g/mol. The minimum atomic E-state index is -0.249. The van der Waals surface area contributed by atoms with E-state index in [1.807, 2.05) is 19.1 Å². The van der Waals surface area contributed by atoms with E-state index in [1.54, 1.807) is 30.6 Å². The molecule has 2 heterocycles. The molecule has 0 unspecified atom stereocenters. The van der Waals surface area contributed by atoms with E-state index in [0.717, 1.165) is 5.56 Å². The van der Waals surface area contributed by atoms with Crippen molar-refractivity contribution in [3.63, 3.8) is 0 Å². The zero-order valence-electron chi connectivity index (χ0n) is 13.3. The van der Waals surface area contributed by atoms with Crippen molar-refractivity contribution >= 4 is 6.03 Å². The highest BCUT2D eigenvalue weighted by Gasteiger charge is 2.13. The molecule has 1 atom stereocenters. The topological polar surface area (TPSA) is 81.7 Å². The molecule has 0 fully saturated rings. The predicted molar refractivity (Wildman–Crippen MR) is 87.2 cm³/mol. The van der Waals surface area contributed by atoms with Gasteiger partial charge in [0.15, 0.2) is 11.5 Å². The Morgan fingerprint density at radius 3 is 3.04 bits per heavy atom. The number of nitrogens with zero attached hydrogens (tertiary/aromatic N) is 1. The Bertz CT molecular complexity index is 693. The van der Waals surface area contributed by atoms with E-state index < -0.39 is 0 Å². The Balaban J connectivity index is 1.38. The van der Waals surface area contributed by atoms with Gasteiger partial charge in [-0.1, -0.05) is 6.07 Å². The summed E-state index contributed by atoms with van der Waals surface area (Å²) < 4.78 is 16.1. The van der Waals surface area contributed by atoms with Crippen molar-refractivity contribution in [3.8, 4) is 17.2 Å². The van der Waals surface area contributed by atoms with Crippen molar-refractivity contribution in [1.82, 2.24) is 15.6 Å². The fraction of sp³-hybridized carbons (Fsp3) is 0.294. The monoisotopic (exact) mass is 329 g/mol. The highest BCUT2D eigenvalue weighted by Crippen LogP contribution is 2.34. The summed E-state index contributed by atoms with van der Waals surface area (Å²) in [6, 6.07) is 8.76. The Kier molecular flexibility index (Phi) is 5.00. The van der Waals surface area contributed by atoms with Crippen LogP contribution < -0.4 is 24.8 Å². The molecule has 7 nitrogen and oxygen atoms in total. The van der Waals surface area contributed by atoms with Gasteiger partial charge < -0.3 is 24.8 Å². The maximum Gasteiger partial charge on any atom is 0.315 e.